The summed E-state index contributed by atoms with van der Waals surface area (Å²) in [6.45, 7) is 9.63. The summed E-state index contributed by atoms with van der Waals surface area (Å²) in [6, 6.07) is -0.131. The molecule has 1 N–H and O–H groups in total. The SMILES string of the molecule is Cc1noc(C)c1C(C)NC(C)C(=O)N1CCCCCC1. The second kappa shape index (κ2) is 7.07. The maximum absolute atomic E-state index is 12.6. The summed E-state index contributed by atoms with van der Waals surface area (Å²) < 4.78 is 5.21. The number of hydrogen-bond donors (Lipinski definition) is 1. The van der Waals surface area contributed by atoms with Crippen LogP contribution < -0.4 is 5.32 Å². The molecule has 1 amide bonds. The van der Waals surface area contributed by atoms with Gasteiger partial charge in [0.15, 0.2) is 0 Å². The molecule has 2 unspecified atom stereocenters. The second-order valence-electron chi connectivity index (χ2n) is 6.09. The van der Waals surface area contributed by atoms with Crippen molar-refractivity contribution in [1.82, 2.24) is 15.4 Å². The fourth-order valence-corrected chi connectivity index (χ4v) is 3.20. The standard InChI is InChI=1S/C16H27N3O2/c1-11(15-12(2)18-21-14(15)4)17-13(3)16(20)19-9-7-5-6-8-10-19/h11,13,17H,5-10H2,1-4H3. The molecule has 2 rings (SSSR count). The van der Waals surface area contributed by atoms with Crippen LogP contribution in [0, 0.1) is 13.8 Å². The molecule has 1 aromatic heterocycles. The first kappa shape index (κ1) is 16.0. The van der Waals surface area contributed by atoms with Gasteiger partial charge in [-0.1, -0.05) is 18.0 Å². The van der Waals surface area contributed by atoms with Crippen LogP contribution in [0.15, 0.2) is 4.52 Å². The highest BCUT2D eigenvalue weighted by molar-refractivity contribution is 5.81. The van der Waals surface area contributed by atoms with Crippen molar-refractivity contribution in [3.8, 4) is 0 Å². The highest BCUT2D eigenvalue weighted by Crippen LogP contribution is 2.21. The van der Waals surface area contributed by atoms with E-state index < -0.39 is 0 Å². The molecule has 0 saturated carbocycles. The van der Waals surface area contributed by atoms with E-state index in [-0.39, 0.29) is 18.0 Å². The van der Waals surface area contributed by atoms with Gasteiger partial charge in [0.2, 0.25) is 5.91 Å². The lowest BCUT2D eigenvalue weighted by Gasteiger charge is -2.26. The normalized spacial score (nSPS) is 19.1. The number of carbonyl (C=O) groups is 1. The molecule has 1 saturated heterocycles. The average Bonchev–Trinajstić information content (AvgIpc) is 2.68. The molecular weight excluding hydrogens is 266 g/mol. The number of aromatic nitrogens is 1. The van der Waals surface area contributed by atoms with E-state index >= 15 is 0 Å². The van der Waals surface area contributed by atoms with Crippen molar-refractivity contribution in [2.45, 2.75) is 65.5 Å². The average molecular weight is 293 g/mol. The fraction of sp³-hybridized carbons (Fsp3) is 0.750. The van der Waals surface area contributed by atoms with Gasteiger partial charge in [-0.15, -0.1) is 0 Å². The minimum atomic E-state index is -0.188. The Morgan fingerprint density at radius 3 is 2.33 bits per heavy atom. The zero-order chi connectivity index (χ0) is 15.4. The first-order valence-electron chi connectivity index (χ1n) is 7.98. The maximum Gasteiger partial charge on any atom is 0.239 e. The number of rotatable bonds is 4. The third-order valence-electron chi connectivity index (χ3n) is 4.31. The molecule has 2 heterocycles. The Kier molecular flexibility index (Phi) is 5.39. The number of nitrogens with zero attached hydrogens (tertiary/aromatic N) is 2. The molecule has 5 nitrogen and oxygen atoms in total. The lowest BCUT2D eigenvalue weighted by molar-refractivity contribution is -0.133. The van der Waals surface area contributed by atoms with Gasteiger partial charge < -0.3 is 9.42 Å². The van der Waals surface area contributed by atoms with Gasteiger partial charge >= 0.3 is 0 Å². The van der Waals surface area contributed by atoms with Crippen LogP contribution in [0.5, 0.6) is 0 Å². The largest absolute Gasteiger partial charge is 0.361 e. The van der Waals surface area contributed by atoms with Crippen molar-refractivity contribution in [2.75, 3.05) is 13.1 Å². The van der Waals surface area contributed by atoms with Crippen molar-refractivity contribution in [3.63, 3.8) is 0 Å². The van der Waals surface area contributed by atoms with Crippen LogP contribution in [0.3, 0.4) is 0 Å². The van der Waals surface area contributed by atoms with Crippen LogP contribution in [0.2, 0.25) is 0 Å². The molecule has 21 heavy (non-hydrogen) atoms. The molecule has 1 aromatic rings. The van der Waals surface area contributed by atoms with E-state index in [0.29, 0.717) is 0 Å². The lowest BCUT2D eigenvalue weighted by Crippen LogP contribution is -2.46. The van der Waals surface area contributed by atoms with Crippen LogP contribution in [-0.2, 0) is 4.79 Å². The summed E-state index contributed by atoms with van der Waals surface area (Å²) in [5, 5.41) is 7.37. The third-order valence-corrected chi connectivity index (χ3v) is 4.31. The minimum absolute atomic E-state index is 0.0576. The number of aryl methyl sites for hydroxylation is 2. The highest BCUT2D eigenvalue weighted by Gasteiger charge is 2.25. The van der Waals surface area contributed by atoms with E-state index in [9.17, 15) is 4.79 Å². The number of amides is 1. The zero-order valence-electron chi connectivity index (χ0n) is 13.6. The maximum atomic E-state index is 12.6. The molecule has 0 aromatic carbocycles. The second-order valence-corrected chi connectivity index (χ2v) is 6.09. The van der Waals surface area contributed by atoms with E-state index in [1.807, 2.05) is 25.7 Å². The summed E-state index contributed by atoms with van der Waals surface area (Å²) in [5.41, 5.74) is 1.95. The molecular formula is C16H27N3O2. The summed E-state index contributed by atoms with van der Waals surface area (Å²) in [4.78, 5) is 14.6. The van der Waals surface area contributed by atoms with Crippen molar-refractivity contribution < 1.29 is 9.32 Å². The molecule has 1 aliphatic heterocycles. The van der Waals surface area contributed by atoms with Crippen LogP contribution >= 0.6 is 0 Å². The van der Waals surface area contributed by atoms with Gasteiger partial charge in [0.25, 0.3) is 0 Å². The van der Waals surface area contributed by atoms with Gasteiger partial charge in [0.05, 0.1) is 11.7 Å². The van der Waals surface area contributed by atoms with Crippen LogP contribution in [0.4, 0.5) is 0 Å². The summed E-state index contributed by atoms with van der Waals surface area (Å²) in [7, 11) is 0. The monoisotopic (exact) mass is 293 g/mol. The van der Waals surface area contributed by atoms with Gasteiger partial charge in [-0.2, -0.15) is 0 Å². The molecule has 2 atom stereocenters. The molecule has 0 aliphatic carbocycles. The molecule has 5 heteroatoms. The first-order valence-corrected chi connectivity index (χ1v) is 7.98. The Bertz CT molecular complexity index is 456. The summed E-state index contributed by atoms with van der Waals surface area (Å²) in [6.07, 6.45) is 4.72. The van der Waals surface area contributed by atoms with E-state index in [1.54, 1.807) is 0 Å². The number of nitrogens with one attached hydrogen (secondary N) is 1. The van der Waals surface area contributed by atoms with Crippen LogP contribution in [0.25, 0.3) is 0 Å². The van der Waals surface area contributed by atoms with Crippen molar-refractivity contribution in [3.05, 3.63) is 17.0 Å². The minimum Gasteiger partial charge on any atom is -0.361 e. The van der Waals surface area contributed by atoms with Crippen molar-refractivity contribution >= 4 is 5.91 Å². The Labute approximate surface area is 127 Å². The third kappa shape index (κ3) is 3.84. The number of hydrogen-bond acceptors (Lipinski definition) is 4. The Hall–Kier alpha value is -1.36. The molecule has 0 spiro atoms. The first-order chi connectivity index (χ1) is 10.0. The van der Waals surface area contributed by atoms with Gasteiger partial charge in [-0.25, -0.2) is 0 Å². The summed E-state index contributed by atoms with van der Waals surface area (Å²) in [5.74, 6) is 1.03. The Balaban J connectivity index is 1.96. The Morgan fingerprint density at radius 1 is 1.19 bits per heavy atom. The van der Waals surface area contributed by atoms with E-state index in [0.717, 1.165) is 42.9 Å². The number of likely N-dealkylation sites (tertiary alicyclic amines) is 1. The lowest BCUT2D eigenvalue weighted by atomic mass is 10.1. The molecule has 1 fully saturated rings. The summed E-state index contributed by atoms with van der Waals surface area (Å²) >= 11 is 0. The molecule has 0 radical (unpaired) electrons. The number of carbonyl (C=O) groups excluding carboxylic acids is 1. The zero-order valence-corrected chi connectivity index (χ0v) is 13.6. The van der Waals surface area contributed by atoms with E-state index in [1.165, 1.54) is 12.8 Å². The van der Waals surface area contributed by atoms with E-state index in [2.05, 4.69) is 17.4 Å². The molecule has 1 aliphatic rings. The van der Waals surface area contributed by atoms with Crippen molar-refractivity contribution in [2.24, 2.45) is 0 Å². The fourth-order valence-electron chi connectivity index (χ4n) is 3.20. The predicted molar refractivity (Wildman–Crippen MR) is 82.0 cm³/mol. The smallest absolute Gasteiger partial charge is 0.239 e. The van der Waals surface area contributed by atoms with Crippen LogP contribution in [0.1, 0.15) is 62.6 Å². The highest BCUT2D eigenvalue weighted by atomic mass is 16.5. The quantitative estimate of drug-likeness (QED) is 0.927. The molecule has 0 bridgehead atoms. The topological polar surface area (TPSA) is 58.4 Å². The van der Waals surface area contributed by atoms with Gasteiger partial charge in [-0.05, 0) is 40.5 Å². The van der Waals surface area contributed by atoms with Gasteiger partial charge in [0, 0.05) is 24.7 Å². The Morgan fingerprint density at radius 2 is 1.81 bits per heavy atom. The van der Waals surface area contributed by atoms with Gasteiger partial charge in [-0.3, -0.25) is 10.1 Å². The van der Waals surface area contributed by atoms with E-state index in [4.69, 9.17) is 4.52 Å². The van der Waals surface area contributed by atoms with Crippen LogP contribution in [-0.4, -0.2) is 35.1 Å². The predicted octanol–water partition coefficient (Wildman–Crippen LogP) is 2.73. The van der Waals surface area contributed by atoms with Crippen molar-refractivity contribution in [1.29, 1.82) is 0 Å². The van der Waals surface area contributed by atoms with Gasteiger partial charge in [0.1, 0.15) is 5.76 Å². The molecule has 118 valence electrons.